The zero-order chi connectivity index (χ0) is 27.9. The van der Waals surface area contributed by atoms with Gasteiger partial charge in [-0.3, -0.25) is 9.59 Å². The molecule has 1 aliphatic rings. The lowest BCUT2D eigenvalue weighted by molar-refractivity contribution is -0.134. The maximum atomic E-state index is 13.3. The number of hydrogen-bond acceptors (Lipinski definition) is 4. The Kier molecular flexibility index (Phi) is 9.18. The van der Waals surface area contributed by atoms with Gasteiger partial charge in [-0.2, -0.15) is 0 Å². The van der Waals surface area contributed by atoms with E-state index >= 15 is 0 Å². The van der Waals surface area contributed by atoms with Gasteiger partial charge in [0.05, 0.1) is 5.71 Å². The summed E-state index contributed by atoms with van der Waals surface area (Å²) in [6.07, 6.45) is 8.44. The van der Waals surface area contributed by atoms with Crippen molar-refractivity contribution >= 4 is 39.3 Å². The van der Waals surface area contributed by atoms with E-state index < -0.39 is 5.97 Å². The van der Waals surface area contributed by atoms with Crippen LogP contribution in [0.4, 0.5) is 0 Å². The van der Waals surface area contributed by atoms with Gasteiger partial charge >= 0.3 is 0 Å². The molecular weight excluding hydrogens is 488 g/mol. The van der Waals surface area contributed by atoms with Crippen molar-refractivity contribution in [2.24, 2.45) is 11.1 Å². The van der Waals surface area contributed by atoms with Crippen LogP contribution in [0.3, 0.4) is 0 Å². The molecule has 0 aliphatic heterocycles. The second-order valence-corrected chi connectivity index (χ2v) is 10.5. The predicted molar refractivity (Wildman–Crippen MR) is 157 cm³/mol. The molecule has 39 heavy (non-hydrogen) atoms. The molecule has 1 aliphatic carbocycles. The maximum Gasteiger partial charge on any atom is 0.300 e. The third kappa shape index (κ3) is 6.39. The third-order valence-corrected chi connectivity index (χ3v) is 7.80. The van der Waals surface area contributed by atoms with Crippen molar-refractivity contribution in [3.05, 3.63) is 82.9 Å². The number of benzene rings is 3. The highest BCUT2D eigenvalue weighted by Gasteiger charge is 2.18. The first-order valence-electron chi connectivity index (χ1n) is 13.9. The number of carboxylic acids is 1. The van der Waals surface area contributed by atoms with Crippen LogP contribution in [-0.2, 0) is 11.3 Å². The van der Waals surface area contributed by atoms with Crippen LogP contribution >= 0.6 is 0 Å². The summed E-state index contributed by atoms with van der Waals surface area (Å²) in [4.78, 5) is 22.3. The molecule has 0 atom stereocenters. The second kappa shape index (κ2) is 12.7. The molecule has 6 heteroatoms. The van der Waals surface area contributed by atoms with Gasteiger partial charge < -0.3 is 14.9 Å². The summed E-state index contributed by atoms with van der Waals surface area (Å²) < 4.78 is 2.29. The van der Waals surface area contributed by atoms with Gasteiger partial charge in [0.25, 0.3) is 5.97 Å². The Hall–Kier alpha value is -3.93. The molecule has 2 N–H and O–H groups in total. The average Bonchev–Trinajstić information content (AvgIpc) is 3.26. The Balaban J connectivity index is 0.000000826. The number of carbonyl (C=O) groups is 2. The molecule has 0 saturated heterocycles. The maximum absolute atomic E-state index is 13.3. The summed E-state index contributed by atoms with van der Waals surface area (Å²) in [5.41, 5.74) is 6.38. The zero-order valence-corrected chi connectivity index (χ0v) is 23.1. The first-order chi connectivity index (χ1) is 18.8. The van der Waals surface area contributed by atoms with E-state index in [4.69, 9.17) is 9.90 Å². The molecule has 0 amide bonds. The minimum Gasteiger partial charge on any atom is -0.481 e. The van der Waals surface area contributed by atoms with Crippen molar-refractivity contribution in [1.82, 2.24) is 4.57 Å². The summed E-state index contributed by atoms with van der Waals surface area (Å²) in [6, 6.07) is 20.1. The van der Waals surface area contributed by atoms with Crippen LogP contribution in [0.25, 0.3) is 21.8 Å². The molecule has 6 nitrogen and oxygen atoms in total. The Morgan fingerprint density at radius 1 is 0.923 bits per heavy atom. The molecule has 0 bridgehead atoms. The lowest BCUT2D eigenvalue weighted by Gasteiger charge is -2.21. The van der Waals surface area contributed by atoms with Crippen molar-refractivity contribution in [1.29, 1.82) is 0 Å². The summed E-state index contributed by atoms with van der Waals surface area (Å²) in [5.74, 6) is -0.0510. The van der Waals surface area contributed by atoms with E-state index in [9.17, 15) is 10.0 Å². The molecule has 5 rings (SSSR count). The van der Waals surface area contributed by atoms with E-state index in [1.54, 1.807) is 0 Å². The predicted octanol–water partition coefficient (Wildman–Crippen LogP) is 7.98. The number of aryl methyl sites for hydroxylation is 2. The first kappa shape index (κ1) is 28.1. The lowest BCUT2D eigenvalue weighted by Crippen LogP contribution is -2.10. The molecule has 4 aromatic rings. The van der Waals surface area contributed by atoms with Crippen LogP contribution in [0.5, 0.6) is 0 Å². The van der Waals surface area contributed by atoms with Crippen molar-refractivity contribution < 1.29 is 19.9 Å². The fraction of sp³-hybridized carbons (Fsp3) is 0.364. The number of fused-ring (bicyclic) bond motifs is 3. The molecule has 3 aromatic carbocycles. The number of carbonyl (C=O) groups excluding carboxylic acids is 1. The van der Waals surface area contributed by atoms with E-state index in [2.05, 4.69) is 40.9 Å². The summed E-state index contributed by atoms with van der Waals surface area (Å²) in [7, 11) is 0. The summed E-state index contributed by atoms with van der Waals surface area (Å²) >= 11 is 0. The number of aliphatic carboxylic acids is 1. The minimum absolute atomic E-state index is 0.0450. The fourth-order valence-corrected chi connectivity index (χ4v) is 5.82. The molecule has 0 spiro atoms. The smallest absolute Gasteiger partial charge is 0.300 e. The number of rotatable bonds is 7. The van der Waals surface area contributed by atoms with Gasteiger partial charge in [0, 0.05) is 52.0 Å². The third-order valence-electron chi connectivity index (χ3n) is 7.80. The number of carboxylic acid groups (broad SMARTS) is 1. The Labute approximate surface area is 230 Å². The molecule has 1 saturated carbocycles. The van der Waals surface area contributed by atoms with Gasteiger partial charge in [0.2, 0.25) is 0 Å². The Bertz CT molecular complexity index is 1510. The van der Waals surface area contributed by atoms with Gasteiger partial charge in [-0.25, -0.2) is 0 Å². The number of hydrogen-bond donors (Lipinski definition) is 2. The number of ketones is 1. The van der Waals surface area contributed by atoms with Crippen molar-refractivity contribution in [3.63, 3.8) is 0 Å². The molecule has 1 aromatic heterocycles. The van der Waals surface area contributed by atoms with E-state index in [0.717, 1.165) is 76.4 Å². The standard InChI is InChI=1S/C31H34N2O2.C2H4O2/c1-3-33-29-17-14-23(28(32-35)16-13-22-10-5-4-6-11-22)19-26(29)27-20-24(15-18-30(27)33)31(34)25-12-8-7-9-21(25)2;1-2(3)4/h7-9,12,14-15,17-20,22,35H,3-6,10-11,13,16H2,1-2H3;1H3,(H,3,4). The van der Waals surface area contributed by atoms with Crippen LogP contribution in [0, 0.1) is 12.8 Å². The first-order valence-corrected chi connectivity index (χ1v) is 13.9. The lowest BCUT2D eigenvalue weighted by atomic mass is 9.85. The average molecular weight is 527 g/mol. The van der Waals surface area contributed by atoms with Crippen LogP contribution in [0.2, 0.25) is 0 Å². The highest BCUT2D eigenvalue weighted by Crippen LogP contribution is 2.33. The van der Waals surface area contributed by atoms with Crippen LogP contribution in [0.15, 0.2) is 65.8 Å². The highest BCUT2D eigenvalue weighted by molar-refractivity contribution is 6.16. The van der Waals surface area contributed by atoms with Crippen molar-refractivity contribution in [3.8, 4) is 0 Å². The van der Waals surface area contributed by atoms with Gasteiger partial charge in [-0.05, 0) is 68.5 Å². The molecule has 0 unspecified atom stereocenters. The summed E-state index contributed by atoms with van der Waals surface area (Å²) in [6.45, 7) is 6.04. The van der Waals surface area contributed by atoms with E-state index in [0.29, 0.717) is 5.56 Å². The van der Waals surface area contributed by atoms with E-state index in [1.165, 1.54) is 32.1 Å². The largest absolute Gasteiger partial charge is 0.481 e. The van der Waals surface area contributed by atoms with Gasteiger partial charge in [-0.15, -0.1) is 0 Å². The molecular formula is C33H38N2O4. The van der Waals surface area contributed by atoms with Crippen molar-refractivity contribution in [2.75, 3.05) is 0 Å². The zero-order valence-electron chi connectivity index (χ0n) is 23.1. The van der Waals surface area contributed by atoms with E-state index in [1.807, 2.05) is 43.3 Å². The number of aromatic nitrogens is 1. The Morgan fingerprint density at radius 3 is 2.10 bits per heavy atom. The topological polar surface area (TPSA) is 91.9 Å². The fourth-order valence-electron chi connectivity index (χ4n) is 5.82. The molecule has 1 fully saturated rings. The van der Waals surface area contributed by atoms with E-state index in [-0.39, 0.29) is 5.78 Å². The number of nitrogens with zero attached hydrogens (tertiary/aromatic N) is 2. The second-order valence-electron chi connectivity index (χ2n) is 10.5. The van der Waals surface area contributed by atoms with Crippen LogP contribution in [0.1, 0.15) is 85.8 Å². The number of oxime groups is 1. The van der Waals surface area contributed by atoms with Crippen LogP contribution < -0.4 is 0 Å². The minimum atomic E-state index is -0.833. The quantitative estimate of drug-likeness (QED) is 0.110. The van der Waals surface area contributed by atoms with Gasteiger partial charge in [-0.1, -0.05) is 67.6 Å². The summed E-state index contributed by atoms with van der Waals surface area (Å²) in [5, 5.41) is 23.1. The molecule has 1 heterocycles. The normalized spacial score (nSPS) is 14.3. The van der Waals surface area contributed by atoms with Crippen LogP contribution in [-0.4, -0.2) is 32.3 Å². The van der Waals surface area contributed by atoms with Gasteiger partial charge in [0.15, 0.2) is 5.78 Å². The monoisotopic (exact) mass is 526 g/mol. The molecule has 204 valence electrons. The Morgan fingerprint density at radius 2 is 1.51 bits per heavy atom. The van der Waals surface area contributed by atoms with Crippen molar-refractivity contribution in [2.45, 2.75) is 72.3 Å². The van der Waals surface area contributed by atoms with Gasteiger partial charge in [0.1, 0.15) is 0 Å². The highest BCUT2D eigenvalue weighted by atomic mass is 16.4. The SMILES string of the molecule is CC(=O)O.CCn1c2ccc(C(=O)c3ccccc3C)cc2c2cc(C(CCC3CCCCC3)=NO)ccc21. The molecule has 0 radical (unpaired) electrons.